The molecule has 0 aliphatic heterocycles. The van der Waals surface area contributed by atoms with E-state index in [1.165, 1.54) is 30.3 Å². The van der Waals surface area contributed by atoms with Gasteiger partial charge in [-0.2, -0.15) is 27.9 Å². The number of nitrogens with one attached hydrogen (secondary N) is 1. The summed E-state index contributed by atoms with van der Waals surface area (Å²) in [5.41, 5.74) is -0.975. The second-order valence-corrected chi connectivity index (χ2v) is 6.57. The van der Waals surface area contributed by atoms with E-state index in [2.05, 4.69) is 5.32 Å². The Morgan fingerprint density at radius 3 is 2.40 bits per heavy atom. The summed E-state index contributed by atoms with van der Waals surface area (Å²) in [7, 11) is -4.34. The number of benzene rings is 2. The molecule has 0 heterocycles. The number of anilines is 1. The summed E-state index contributed by atoms with van der Waals surface area (Å²) < 4.78 is 43.0. The summed E-state index contributed by atoms with van der Waals surface area (Å²) >= 11 is 0. The maximum Gasteiger partial charge on any atom is 0.444 e. The van der Waals surface area contributed by atoms with Crippen LogP contribution >= 0.6 is 7.94 Å². The zero-order valence-corrected chi connectivity index (χ0v) is 13.5. The normalized spacial score (nSPS) is 11.9. The first-order valence-electron chi connectivity index (χ1n) is 6.84. The van der Waals surface area contributed by atoms with Crippen LogP contribution in [0.15, 0.2) is 48.5 Å². The molecule has 0 unspecified atom stereocenters. The molecule has 2 rings (SSSR count). The van der Waals surface area contributed by atoms with Gasteiger partial charge in [-0.25, -0.2) is 0 Å². The lowest BCUT2D eigenvalue weighted by atomic mass is 10.2. The average molecular weight is 376 g/mol. The molecule has 0 saturated carbocycles. The van der Waals surface area contributed by atoms with E-state index in [9.17, 15) is 32.6 Å². The van der Waals surface area contributed by atoms with Gasteiger partial charge in [0.2, 0.25) is 5.30 Å². The topological polar surface area (TPSA) is 99.0 Å². The number of carbonyl (C=O) groups is 1. The van der Waals surface area contributed by atoms with Gasteiger partial charge in [0.05, 0.1) is 5.56 Å². The smallest absolute Gasteiger partial charge is 0.444 e. The quantitative estimate of drug-likeness (QED) is 0.599. The lowest BCUT2D eigenvalue weighted by Gasteiger charge is -2.12. The molecule has 0 spiro atoms. The molecule has 0 aliphatic rings. The van der Waals surface area contributed by atoms with Crippen molar-refractivity contribution in [1.82, 2.24) is 0 Å². The van der Waals surface area contributed by atoms with Gasteiger partial charge in [0.1, 0.15) is 0 Å². The molecule has 4 N–H and O–H groups in total. The highest BCUT2D eigenvalue weighted by atomic mass is 31.2. The Labute approximate surface area is 141 Å². The standard InChI is InChI=1S/C15H13F3NO5P/c16-15(17,18)10-4-3-5-11(8-10)19-14(20)9-24-12-6-1-2-7-13(12)25(21,22)23/h1-8,21-23H,9H2/p+1. The number of para-hydroxylation sites is 1. The third-order valence-corrected chi connectivity index (χ3v) is 4.04. The highest BCUT2D eigenvalue weighted by molar-refractivity contribution is 7.67. The van der Waals surface area contributed by atoms with Crippen molar-refractivity contribution in [2.45, 2.75) is 6.18 Å². The summed E-state index contributed by atoms with van der Waals surface area (Å²) in [5.74, 6) is -0.880. The van der Waals surface area contributed by atoms with Crippen LogP contribution in [0.1, 0.15) is 5.56 Å². The minimum Gasteiger partial charge on any atom is -0.479 e. The maximum absolute atomic E-state index is 12.6. The number of amides is 1. The number of hydrogen-bond donors (Lipinski definition) is 4. The van der Waals surface area contributed by atoms with Gasteiger partial charge in [0, 0.05) is 5.69 Å². The minimum absolute atomic E-state index is 0.0648. The Balaban J connectivity index is 2.03. The van der Waals surface area contributed by atoms with Gasteiger partial charge in [-0.3, -0.25) is 4.79 Å². The fourth-order valence-electron chi connectivity index (χ4n) is 1.94. The molecule has 0 atom stereocenters. The van der Waals surface area contributed by atoms with Crippen molar-refractivity contribution in [3.63, 3.8) is 0 Å². The molecular weight excluding hydrogens is 362 g/mol. The van der Waals surface area contributed by atoms with Crippen molar-refractivity contribution in [3.8, 4) is 5.75 Å². The van der Waals surface area contributed by atoms with Crippen LogP contribution in [0.25, 0.3) is 0 Å². The molecule has 6 nitrogen and oxygen atoms in total. The molecule has 10 heteroatoms. The van der Waals surface area contributed by atoms with Crippen molar-refractivity contribution >= 4 is 24.8 Å². The van der Waals surface area contributed by atoms with E-state index < -0.39 is 32.2 Å². The van der Waals surface area contributed by atoms with Crippen LogP contribution in [0.4, 0.5) is 18.9 Å². The van der Waals surface area contributed by atoms with Gasteiger partial charge in [-0.1, -0.05) is 18.2 Å². The molecule has 0 aliphatic carbocycles. The SMILES string of the molecule is O=C(COc1ccccc1[P+](O)(O)O)Nc1cccc(C(F)(F)F)c1. The van der Waals surface area contributed by atoms with Crippen molar-refractivity contribution in [3.05, 3.63) is 54.1 Å². The Morgan fingerprint density at radius 1 is 1.08 bits per heavy atom. The van der Waals surface area contributed by atoms with Crippen LogP contribution in [0.2, 0.25) is 0 Å². The largest absolute Gasteiger partial charge is 0.479 e. The third-order valence-electron chi connectivity index (χ3n) is 3.02. The van der Waals surface area contributed by atoms with Gasteiger partial charge >= 0.3 is 14.1 Å². The van der Waals surface area contributed by atoms with Crippen LogP contribution in [-0.4, -0.2) is 27.2 Å². The van der Waals surface area contributed by atoms with Crippen LogP contribution in [0.3, 0.4) is 0 Å². The first-order valence-corrected chi connectivity index (χ1v) is 8.49. The summed E-state index contributed by atoms with van der Waals surface area (Å²) in [6.07, 6.45) is -4.54. The molecule has 2 aromatic carbocycles. The van der Waals surface area contributed by atoms with Gasteiger partial charge < -0.3 is 10.1 Å². The summed E-state index contributed by atoms with van der Waals surface area (Å²) in [5, 5.41) is 1.96. The van der Waals surface area contributed by atoms with Crippen LogP contribution in [-0.2, 0) is 11.0 Å². The Hall–Kier alpha value is -2.19. The van der Waals surface area contributed by atoms with E-state index >= 15 is 0 Å². The van der Waals surface area contributed by atoms with Crippen molar-refractivity contribution in [2.24, 2.45) is 0 Å². The van der Waals surface area contributed by atoms with Gasteiger partial charge in [0.15, 0.2) is 12.4 Å². The van der Waals surface area contributed by atoms with E-state index in [1.807, 2.05) is 0 Å². The van der Waals surface area contributed by atoms with E-state index in [-0.39, 0.29) is 16.7 Å². The molecule has 0 aromatic heterocycles. The Bertz CT molecular complexity index is 761. The Morgan fingerprint density at radius 2 is 1.76 bits per heavy atom. The number of ether oxygens (including phenoxy) is 1. The zero-order valence-electron chi connectivity index (χ0n) is 12.6. The molecule has 25 heavy (non-hydrogen) atoms. The highest BCUT2D eigenvalue weighted by Gasteiger charge is 2.38. The van der Waals surface area contributed by atoms with Gasteiger partial charge in [-0.05, 0) is 30.3 Å². The Kier molecular flexibility index (Phi) is 5.64. The highest BCUT2D eigenvalue weighted by Crippen LogP contribution is 2.45. The third kappa shape index (κ3) is 5.40. The molecule has 0 radical (unpaired) electrons. The first kappa shape index (κ1) is 19.1. The molecule has 0 bridgehead atoms. The fourth-order valence-corrected chi connectivity index (χ4v) is 2.66. The molecule has 134 valence electrons. The molecule has 0 saturated heterocycles. The number of halogens is 3. The van der Waals surface area contributed by atoms with E-state index in [0.717, 1.165) is 18.2 Å². The van der Waals surface area contributed by atoms with Crippen molar-refractivity contribution in [2.75, 3.05) is 11.9 Å². The predicted molar refractivity (Wildman–Crippen MR) is 85.2 cm³/mol. The fraction of sp³-hybridized carbons (Fsp3) is 0.133. The summed E-state index contributed by atoms with van der Waals surface area (Å²) in [6.45, 7) is -0.604. The minimum atomic E-state index is -4.54. The monoisotopic (exact) mass is 376 g/mol. The number of hydrogen-bond acceptors (Lipinski definition) is 5. The van der Waals surface area contributed by atoms with Crippen molar-refractivity contribution < 1.29 is 37.4 Å². The molecule has 2 aromatic rings. The van der Waals surface area contributed by atoms with Crippen LogP contribution in [0, 0.1) is 0 Å². The summed E-state index contributed by atoms with van der Waals surface area (Å²) in [6, 6.07) is 9.52. The van der Waals surface area contributed by atoms with Gasteiger partial charge in [-0.15, -0.1) is 0 Å². The lowest BCUT2D eigenvalue weighted by molar-refractivity contribution is -0.137. The average Bonchev–Trinajstić information content (AvgIpc) is 2.52. The van der Waals surface area contributed by atoms with E-state index in [4.69, 9.17) is 4.74 Å². The van der Waals surface area contributed by atoms with Crippen LogP contribution in [0.5, 0.6) is 5.75 Å². The lowest BCUT2D eigenvalue weighted by Crippen LogP contribution is -2.23. The van der Waals surface area contributed by atoms with E-state index in [1.54, 1.807) is 0 Å². The number of alkyl halides is 3. The van der Waals surface area contributed by atoms with Crippen molar-refractivity contribution in [1.29, 1.82) is 0 Å². The van der Waals surface area contributed by atoms with Gasteiger partial charge in [0.25, 0.3) is 5.91 Å². The maximum atomic E-state index is 12.6. The summed E-state index contributed by atoms with van der Waals surface area (Å²) in [4.78, 5) is 39.7. The second kappa shape index (κ2) is 7.37. The predicted octanol–water partition coefficient (Wildman–Crippen LogP) is 2.09. The first-order chi connectivity index (χ1) is 11.6. The number of carbonyl (C=O) groups excluding carboxylic acids is 1. The van der Waals surface area contributed by atoms with Crippen LogP contribution < -0.4 is 15.4 Å². The van der Waals surface area contributed by atoms with E-state index in [0.29, 0.717) is 0 Å². The molecular formula is C15H14F3NO5P+. The molecule has 1 amide bonds. The zero-order chi connectivity index (χ0) is 18.7. The number of rotatable bonds is 5. The molecule has 0 fully saturated rings. The second-order valence-electron chi connectivity index (χ2n) is 4.95.